The molecule has 1 aliphatic rings. The van der Waals surface area contributed by atoms with Crippen molar-refractivity contribution in [1.29, 1.82) is 0 Å². The average Bonchev–Trinajstić information content (AvgIpc) is 2.98. The summed E-state index contributed by atoms with van der Waals surface area (Å²) in [5.41, 5.74) is 4.67. The highest BCUT2D eigenvalue weighted by Crippen LogP contribution is 2.43. The Kier molecular flexibility index (Phi) is 10.7. The Labute approximate surface area is 232 Å². The van der Waals surface area contributed by atoms with Crippen molar-refractivity contribution in [3.8, 4) is 5.75 Å². The van der Waals surface area contributed by atoms with Crippen molar-refractivity contribution >= 4 is 17.3 Å². The Bertz CT molecular complexity index is 1220. The number of nitrogens with one attached hydrogen (secondary N) is 1. The third-order valence-electron chi connectivity index (χ3n) is 6.83. The molecule has 4 rings (SSSR count). The topological polar surface area (TPSA) is 63.2 Å². The fourth-order valence-corrected chi connectivity index (χ4v) is 4.73. The second kappa shape index (κ2) is 14.9. The highest BCUT2D eigenvalue weighted by molar-refractivity contribution is 6.18. The lowest BCUT2D eigenvalue weighted by molar-refractivity contribution is -0.119. The van der Waals surface area contributed by atoms with Crippen LogP contribution in [-0.2, 0) is 16.1 Å². The van der Waals surface area contributed by atoms with E-state index in [2.05, 4.69) is 40.8 Å². The molecular formula is C33H39N3O3. The Balaban J connectivity index is 1.20. The first kappa shape index (κ1) is 28.1. The molecule has 39 heavy (non-hydrogen) atoms. The highest BCUT2D eigenvalue weighted by atomic mass is 16.6. The summed E-state index contributed by atoms with van der Waals surface area (Å²) in [4.78, 5) is 20.5. The van der Waals surface area contributed by atoms with E-state index < -0.39 is 0 Å². The summed E-state index contributed by atoms with van der Waals surface area (Å²) in [6.45, 7) is 4.51. The summed E-state index contributed by atoms with van der Waals surface area (Å²) in [6, 6.07) is 28.0. The van der Waals surface area contributed by atoms with Crippen molar-refractivity contribution in [3.63, 3.8) is 0 Å². The van der Waals surface area contributed by atoms with Gasteiger partial charge in [-0.3, -0.25) is 9.69 Å². The van der Waals surface area contributed by atoms with Crippen molar-refractivity contribution in [2.24, 2.45) is 5.16 Å². The number of amides is 1. The maximum Gasteiger partial charge on any atom is 0.257 e. The van der Waals surface area contributed by atoms with Crippen LogP contribution in [0.5, 0.6) is 5.75 Å². The van der Waals surface area contributed by atoms with Gasteiger partial charge in [0.25, 0.3) is 5.91 Å². The van der Waals surface area contributed by atoms with E-state index in [0.717, 1.165) is 55.8 Å². The summed E-state index contributed by atoms with van der Waals surface area (Å²) in [5, 5.41) is 7.78. The molecular weight excluding hydrogens is 486 g/mol. The van der Waals surface area contributed by atoms with Crippen LogP contribution in [0.15, 0.2) is 102 Å². The first-order valence-corrected chi connectivity index (χ1v) is 13.8. The standard InChI is InChI=1S/C33H39N3O3/c1-26(35-39-24-12-4-3-11-22-34-23-21-27-13-7-5-8-14-27)25-31-32(28-15-9-6-10-16-28)36(33(31)37)29-17-19-30(38-2)20-18-29/h5-10,13-20,25,32,34H,3-4,11-12,21-24H2,1-2H3/b31-25+,35-26+. The molecule has 1 N–H and O–H groups in total. The van der Waals surface area contributed by atoms with Crippen LogP contribution in [0, 0.1) is 0 Å². The van der Waals surface area contributed by atoms with Gasteiger partial charge in [-0.1, -0.05) is 72.2 Å². The van der Waals surface area contributed by atoms with E-state index >= 15 is 0 Å². The lowest BCUT2D eigenvalue weighted by atomic mass is 9.86. The Morgan fingerprint density at radius 2 is 1.59 bits per heavy atom. The molecule has 6 nitrogen and oxygen atoms in total. The number of unbranched alkanes of at least 4 members (excludes halogenated alkanes) is 3. The van der Waals surface area contributed by atoms with Gasteiger partial charge in [0, 0.05) is 11.3 Å². The maximum atomic E-state index is 13.2. The van der Waals surface area contributed by atoms with E-state index in [0.29, 0.717) is 17.9 Å². The predicted molar refractivity (Wildman–Crippen MR) is 158 cm³/mol. The summed E-state index contributed by atoms with van der Waals surface area (Å²) in [7, 11) is 1.63. The summed E-state index contributed by atoms with van der Waals surface area (Å²) >= 11 is 0. The van der Waals surface area contributed by atoms with Gasteiger partial charge >= 0.3 is 0 Å². The molecule has 1 aliphatic heterocycles. The molecule has 1 heterocycles. The SMILES string of the molecule is COc1ccc(N2C(=O)/C(=C/C(C)=N/OCCCCCCNCCc3ccccc3)C2c2ccccc2)cc1. The summed E-state index contributed by atoms with van der Waals surface area (Å²) < 4.78 is 5.27. The van der Waals surface area contributed by atoms with Crippen LogP contribution < -0.4 is 15.0 Å². The molecule has 1 fully saturated rings. The van der Waals surface area contributed by atoms with Gasteiger partial charge in [-0.25, -0.2) is 0 Å². The lowest BCUT2D eigenvalue weighted by Gasteiger charge is -2.43. The van der Waals surface area contributed by atoms with Gasteiger partial charge in [0.2, 0.25) is 0 Å². The van der Waals surface area contributed by atoms with Gasteiger partial charge in [0.05, 0.1) is 18.9 Å². The number of anilines is 1. The van der Waals surface area contributed by atoms with Crippen LogP contribution >= 0.6 is 0 Å². The molecule has 0 aliphatic carbocycles. The quantitative estimate of drug-likeness (QED) is 0.0809. The zero-order valence-electron chi connectivity index (χ0n) is 23.0. The van der Waals surface area contributed by atoms with E-state index in [1.54, 1.807) is 7.11 Å². The van der Waals surface area contributed by atoms with Crippen LogP contribution in [-0.4, -0.2) is 38.4 Å². The smallest absolute Gasteiger partial charge is 0.257 e. The van der Waals surface area contributed by atoms with Crippen molar-refractivity contribution in [2.45, 2.75) is 45.1 Å². The molecule has 3 aromatic rings. The molecule has 0 spiro atoms. The minimum atomic E-state index is -0.168. The van der Waals surface area contributed by atoms with Crippen LogP contribution in [0.2, 0.25) is 0 Å². The normalized spacial score (nSPS) is 16.3. The Hall–Kier alpha value is -3.90. The van der Waals surface area contributed by atoms with E-state index in [-0.39, 0.29) is 11.9 Å². The molecule has 6 heteroatoms. The van der Waals surface area contributed by atoms with Crippen molar-refractivity contribution in [3.05, 3.63) is 108 Å². The number of nitrogens with zero attached hydrogens (tertiary/aromatic N) is 2. The predicted octanol–water partition coefficient (Wildman–Crippen LogP) is 6.49. The molecule has 3 aromatic carbocycles. The molecule has 0 bridgehead atoms. The largest absolute Gasteiger partial charge is 0.497 e. The molecule has 1 amide bonds. The minimum Gasteiger partial charge on any atom is -0.497 e. The van der Waals surface area contributed by atoms with Crippen LogP contribution in [0.25, 0.3) is 0 Å². The number of benzene rings is 3. The zero-order chi connectivity index (χ0) is 27.3. The van der Waals surface area contributed by atoms with Gasteiger partial charge < -0.3 is 14.9 Å². The number of carbonyl (C=O) groups excluding carboxylic acids is 1. The monoisotopic (exact) mass is 525 g/mol. The first-order valence-electron chi connectivity index (χ1n) is 13.8. The van der Waals surface area contributed by atoms with Crippen molar-refractivity contribution in [1.82, 2.24) is 5.32 Å². The molecule has 0 saturated carbocycles. The van der Waals surface area contributed by atoms with Crippen molar-refractivity contribution in [2.75, 3.05) is 31.7 Å². The second-order valence-corrected chi connectivity index (χ2v) is 9.75. The van der Waals surface area contributed by atoms with Gasteiger partial charge in [0.1, 0.15) is 12.4 Å². The average molecular weight is 526 g/mol. The van der Waals surface area contributed by atoms with Crippen molar-refractivity contribution < 1.29 is 14.4 Å². The number of oxime groups is 1. The van der Waals surface area contributed by atoms with E-state index in [4.69, 9.17) is 9.57 Å². The number of carbonyl (C=O) groups is 1. The molecule has 1 atom stereocenters. The number of allylic oxidation sites excluding steroid dienone is 1. The van der Waals surface area contributed by atoms with E-state index in [9.17, 15) is 4.79 Å². The molecule has 0 aromatic heterocycles. The number of ether oxygens (including phenoxy) is 1. The van der Waals surface area contributed by atoms with Gasteiger partial charge in [-0.2, -0.15) is 0 Å². The van der Waals surface area contributed by atoms with E-state index in [1.165, 1.54) is 12.0 Å². The first-order chi connectivity index (χ1) is 19.2. The number of hydrogen-bond acceptors (Lipinski definition) is 5. The van der Waals surface area contributed by atoms with Gasteiger partial charge in [-0.15, -0.1) is 0 Å². The molecule has 1 saturated heterocycles. The van der Waals surface area contributed by atoms with Crippen LogP contribution in [0.4, 0.5) is 5.69 Å². The number of β-lactam (4-membered cyclic amide) rings is 1. The lowest BCUT2D eigenvalue weighted by Crippen LogP contribution is -2.49. The zero-order valence-corrected chi connectivity index (χ0v) is 23.0. The molecule has 0 radical (unpaired) electrons. The van der Waals surface area contributed by atoms with Crippen LogP contribution in [0.3, 0.4) is 0 Å². The van der Waals surface area contributed by atoms with Gasteiger partial charge in [0.15, 0.2) is 0 Å². The second-order valence-electron chi connectivity index (χ2n) is 9.75. The highest BCUT2D eigenvalue weighted by Gasteiger charge is 2.43. The third kappa shape index (κ3) is 8.04. The fraction of sp³-hybridized carbons (Fsp3) is 0.333. The van der Waals surface area contributed by atoms with E-state index in [1.807, 2.05) is 72.5 Å². The number of methoxy groups -OCH3 is 1. The summed E-state index contributed by atoms with van der Waals surface area (Å²) in [5.74, 6) is 0.732. The minimum absolute atomic E-state index is 0.0269. The fourth-order valence-electron chi connectivity index (χ4n) is 4.73. The number of hydrogen-bond donors (Lipinski definition) is 1. The molecule has 1 unspecified atom stereocenters. The Morgan fingerprint density at radius 1 is 0.897 bits per heavy atom. The molecule has 204 valence electrons. The Morgan fingerprint density at radius 3 is 2.31 bits per heavy atom. The summed E-state index contributed by atoms with van der Waals surface area (Å²) in [6.07, 6.45) is 7.33. The maximum absolute atomic E-state index is 13.2. The number of rotatable bonds is 15. The van der Waals surface area contributed by atoms with Gasteiger partial charge in [-0.05, 0) is 87.2 Å². The van der Waals surface area contributed by atoms with Crippen LogP contribution in [0.1, 0.15) is 49.8 Å². The third-order valence-corrected chi connectivity index (χ3v) is 6.83.